The predicted molar refractivity (Wildman–Crippen MR) is 62.8 cm³/mol. The lowest BCUT2D eigenvalue weighted by atomic mass is 10.2. The number of rotatable bonds is 4. The van der Waals surface area contributed by atoms with Gasteiger partial charge in [0.05, 0.1) is 13.0 Å². The molecule has 0 fully saturated rings. The van der Waals surface area contributed by atoms with Crippen LogP contribution in [0.2, 0.25) is 0 Å². The Hall–Kier alpha value is -1.44. The van der Waals surface area contributed by atoms with Crippen molar-refractivity contribution in [3.8, 4) is 5.75 Å². The first kappa shape index (κ1) is 14.6. The number of nitrogens with two attached hydrogens (primary N) is 1. The maximum atomic E-state index is 11.9. The maximum absolute atomic E-state index is 11.9. The summed E-state index contributed by atoms with van der Waals surface area (Å²) < 4.78 is 41.1. The topological polar surface area (TPSA) is 67.8 Å². The van der Waals surface area contributed by atoms with Gasteiger partial charge in [-0.15, -0.1) is 0 Å². The standard InChI is InChI=1S/C10H10BrF3N2O2/c11-8-5-6(18-4-3-10(12,13)14)1-2-7(8)9(15)16-17/h1-2,5,17H,3-4H2,(H2,15,16). The highest BCUT2D eigenvalue weighted by atomic mass is 79.9. The number of amidine groups is 1. The molecule has 4 nitrogen and oxygen atoms in total. The monoisotopic (exact) mass is 326 g/mol. The average Bonchev–Trinajstić information content (AvgIpc) is 2.26. The normalized spacial score (nSPS) is 12.6. The summed E-state index contributed by atoms with van der Waals surface area (Å²) in [6, 6.07) is 4.36. The van der Waals surface area contributed by atoms with Gasteiger partial charge < -0.3 is 15.7 Å². The van der Waals surface area contributed by atoms with Crippen molar-refractivity contribution < 1.29 is 23.1 Å². The molecule has 0 saturated carbocycles. The molecule has 1 aromatic carbocycles. The molecule has 0 spiro atoms. The summed E-state index contributed by atoms with van der Waals surface area (Å²) in [4.78, 5) is 0. The summed E-state index contributed by atoms with van der Waals surface area (Å²) in [5.74, 6) is 0.157. The van der Waals surface area contributed by atoms with Gasteiger partial charge in [-0.2, -0.15) is 13.2 Å². The number of nitrogens with zero attached hydrogens (tertiary/aromatic N) is 1. The van der Waals surface area contributed by atoms with E-state index in [-0.39, 0.29) is 11.6 Å². The number of benzene rings is 1. The van der Waals surface area contributed by atoms with E-state index in [1.165, 1.54) is 18.2 Å². The summed E-state index contributed by atoms with van der Waals surface area (Å²) in [5.41, 5.74) is 5.80. The van der Waals surface area contributed by atoms with Gasteiger partial charge in [-0.3, -0.25) is 0 Å². The summed E-state index contributed by atoms with van der Waals surface area (Å²) in [5, 5.41) is 11.3. The van der Waals surface area contributed by atoms with Gasteiger partial charge in [0.2, 0.25) is 0 Å². The van der Waals surface area contributed by atoms with Crippen LogP contribution in [-0.4, -0.2) is 23.8 Å². The summed E-state index contributed by atoms with van der Waals surface area (Å²) >= 11 is 3.15. The first-order chi connectivity index (χ1) is 8.33. The zero-order valence-corrected chi connectivity index (χ0v) is 10.6. The van der Waals surface area contributed by atoms with Crippen LogP contribution in [-0.2, 0) is 0 Å². The van der Waals surface area contributed by atoms with Gasteiger partial charge in [0.15, 0.2) is 5.84 Å². The highest BCUT2D eigenvalue weighted by molar-refractivity contribution is 9.10. The highest BCUT2D eigenvalue weighted by Gasteiger charge is 2.26. The summed E-state index contributed by atoms with van der Waals surface area (Å²) in [7, 11) is 0. The van der Waals surface area contributed by atoms with E-state index in [2.05, 4.69) is 21.1 Å². The Balaban J connectivity index is 2.68. The zero-order chi connectivity index (χ0) is 13.8. The Labute approximate surface area is 109 Å². The largest absolute Gasteiger partial charge is 0.493 e. The van der Waals surface area contributed by atoms with Crippen LogP contribution in [0, 0.1) is 0 Å². The Kier molecular flexibility index (Phi) is 4.83. The quantitative estimate of drug-likeness (QED) is 0.387. The molecule has 0 unspecified atom stereocenters. The first-order valence-corrected chi connectivity index (χ1v) is 5.60. The van der Waals surface area contributed by atoms with Crippen LogP contribution in [0.15, 0.2) is 27.8 Å². The van der Waals surface area contributed by atoms with Crippen molar-refractivity contribution in [2.75, 3.05) is 6.61 Å². The minimum Gasteiger partial charge on any atom is -0.493 e. The van der Waals surface area contributed by atoms with E-state index in [4.69, 9.17) is 15.7 Å². The number of oxime groups is 1. The lowest BCUT2D eigenvalue weighted by molar-refractivity contribution is -0.139. The Morgan fingerprint density at radius 3 is 2.61 bits per heavy atom. The van der Waals surface area contributed by atoms with Gasteiger partial charge in [0.25, 0.3) is 0 Å². The van der Waals surface area contributed by atoms with Crippen molar-refractivity contribution in [2.24, 2.45) is 10.9 Å². The number of alkyl halides is 3. The molecular weight excluding hydrogens is 317 g/mol. The van der Waals surface area contributed by atoms with Crippen LogP contribution < -0.4 is 10.5 Å². The molecule has 1 aromatic rings. The Bertz CT molecular complexity index is 449. The third-order valence-corrected chi connectivity index (χ3v) is 2.63. The van der Waals surface area contributed by atoms with Crippen LogP contribution in [0.1, 0.15) is 12.0 Å². The predicted octanol–water partition coefficient (Wildman–Crippen LogP) is 2.87. The smallest absolute Gasteiger partial charge is 0.392 e. The molecule has 0 atom stereocenters. The molecule has 3 N–H and O–H groups in total. The van der Waals surface area contributed by atoms with Gasteiger partial charge in [-0.1, -0.05) is 5.16 Å². The minimum atomic E-state index is -4.24. The zero-order valence-electron chi connectivity index (χ0n) is 9.04. The summed E-state index contributed by atoms with van der Waals surface area (Å²) in [6.07, 6.45) is -5.27. The second-order valence-corrected chi connectivity index (χ2v) is 4.19. The fourth-order valence-electron chi connectivity index (χ4n) is 1.13. The number of ether oxygens (including phenoxy) is 1. The number of hydrogen-bond acceptors (Lipinski definition) is 3. The molecule has 18 heavy (non-hydrogen) atoms. The molecular formula is C10H10BrF3N2O2. The Morgan fingerprint density at radius 1 is 1.44 bits per heavy atom. The Morgan fingerprint density at radius 2 is 2.11 bits per heavy atom. The molecule has 0 aliphatic heterocycles. The molecule has 8 heteroatoms. The fraction of sp³-hybridized carbons (Fsp3) is 0.300. The van der Waals surface area contributed by atoms with Gasteiger partial charge in [0, 0.05) is 10.0 Å². The highest BCUT2D eigenvalue weighted by Crippen LogP contribution is 2.24. The minimum absolute atomic E-state index is 0.108. The number of hydrogen-bond donors (Lipinski definition) is 2. The molecule has 0 bridgehead atoms. The molecule has 0 amide bonds. The average molecular weight is 327 g/mol. The van der Waals surface area contributed by atoms with Crippen molar-refractivity contribution in [2.45, 2.75) is 12.6 Å². The second-order valence-electron chi connectivity index (χ2n) is 3.34. The molecule has 0 aliphatic carbocycles. The van der Waals surface area contributed by atoms with Gasteiger partial charge >= 0.3 is 6.18 Å². The van der Waals surface area contributed by atoms with Crippen molar-refractivity contribution in [1.29, 1.82) is 0 Å². The maximum Gasteiger partial charge on any atom is 0.392 e. The van der Waals surface area contributed by atoms with E-state index < -0.39 is 19.2 Å². The molecule has 0 radical (unpaired) electrons. The fourth-order valence-corrected chi connectivity index (χ4v) is 1.69. The lowest BCUT2D eigenvalue weighted by Gasteiger charge is -2.10. The molecule has 100 valence electrons. The van der Waals surface area contributed by atoms with E-state index in [0.29, 0.717) is 10.0 Å². The van der Waals surface area contributed by atoms with E-state index in [9.17, 15) is 13.2 Å². The van der Waals surface area contributed by atoms with Crippen LogP contribution in [0.25, 0.3) is 0 Å². The third kappa shape index (κ3) is 4.44. The molecule has 0 heterocycles. The van der Waals surface area contributed by atoms with E-state index in [1.54, 1.807) is 0 Å². The molecule has 0 aliphatic rings. The van der Waals surface area contributed by atoms with E-state index in [0.717, 1.165) is 0 Å². The lowest BCUT2D eigenvalue weighted by Crippen LogP contribution is -2.14. The van der Waals surface area contributed by atoms with Crippen molar-refractivity contribution in [1.82, 2.24) is 0 Å². The van der Waals surface area contributed by atoms with Crippen molar-refractivity contribution >= 4 is 21.8 Å². The third-order valence-electron chi connectivity index (χ3n) is 1.98. The van der Waals surface area contributed by atoms with E-state index in [1.807, 2.05) is 0 Å². The summed E-state index contributed by atoms with van der Waals surface area (Å²) in [6.45, 7) is -0.459. The number of halogens is 4. The van der Waals surface area contributed by atoms with Crippen molar-refractivity contribution in [3.05, 3.63) is 28.2 Å². The van der Waals surface area contributed by atoms with Gasteiger partial charge in [-0.05, 0) is 34.1 Å². The van der Waals surface area contributed by atoms with Crippen LogP contribution in [0.3, 0.4) is 0 Å². The van der Waals surface area contributed by atoms with Crippen LogP contribution in [0.4, 0.5) is 13.2 Å². The second kappa shape index (κ2) is 5.94. The van der Waals surface area contributed by atoms with Crippen LogP contribution in [0.5, 0.6) is 5.75 Å². The molecule has 0 aromatic heterocycles. The van der Waals surface area contributed by atoms with Gasteiger partial charge in [-0.25, -0.2) is 0 Å². The van der Waals surface area contributed by atoms with Crippen LogP contribution >= 0.6 is 15.9 Å². The SMILES string of the molecule is N/C(=N/O)c1ccc(OCCC(F)(F)F)cc1Br. The first-order valence-electron chi connectivity index (χ1n) is 4.80. The van der Waals surface area contributed by atoms with Gasteiger partial charge in [0.1, 0.15) is 5.75 Å². The molecule has 1 rings (SSSR count). The van der Waals surface area contributed by atoms with Crippen molar-refractivity contribution in [3.63, 3.8) is 0 Å². The van der Waals surface area contributed by atoms with E-state index >= 15 is 0 Å². The molecule has 0 saturated heterocycles.